The zero-order chi connectivity index (χ0) is 19.4. The molecule has 0 spiro atoms. The van der Waals surface area contributed by atoms with E-state index in [-0.39, 0.29) is 18.1 Å². The highest BCUT2D eigenvalue weighted by Gasteiger charge is 2.17. The van der Waals surface area contributed by atoms with Crippen LogP contribution in [0.2, 0.25) is 0 Å². The molecule has 3 aromatic rings. The van der Waals surface area contributed by atoms with Crippen LogP contribution in [0.25, 0.3) is 0 Å². The van der Waals surface area contributed by atoms with Crippen LogP contribution in [0.1, 0.15) is 16.2 Å². The fourth-order valence-corrected chi connectivity index (χ4v) is 3.03. The smallest absolute Gasteiger partial charge is 0.490 e. The summed E-state index contributed by atoms with van der Waals surface area (Å²) in [5, 5.41) is 23.0. The van der Waals surface area contributed by atoms with Gasteiger partial charge in [-0.15, -0.1) is 10.2 Å². The highest BCUT2D eigenvalue weighted by molar-refractivity contribution is 7.99. The molecule has 0 radical (unpaired) electrons. The first-order chi connectivity index (χ1) is 13.0. The monoisotopic (exact) mass is 389 g/mol. The molecule has 2 heterocycles. The molecule has 0 saturated heterocycles. The van der Waals surface area contributed by atoms with Gasteiger partial charge in [0.2, 0.25) is 6.33 Å². The molecule has 1 aromatic carbocycles. The summed E-state index contributed by atoms with van der Waals surface area (Å²) in [6, 6.07) is 6.94. The summed E-state index contributed by atoms with van der Waals surface area (Å²) in [6.45, 7) is 0.175. The number of methoxy groups -OCH3 is 1. The minimum Gasteiger partial charge on any atom is -0.497 e. The van der Waals surface area contributed by atoms with E-state index in [2.05, 4.69) is 20.3 Å². The van der Waals surface area contributed by atoms with Crippen LogP contribution >= 0.6 is 11.8 Å². The van der Waals surface area contributed by atoms with Crippen LogP contribution in [-0.2, 0) is 13.6 Å². The predicted molar refractivity (Wildman–Crippen MR) is 94.8 cm³/mol. The summed E-state index contributed by atoms with van der Waals surface area (Å²) in [5.74, 6) is 0.805. The average molecular weight is 389 g/mol. The molecule has 0 aliphatic carbocycles. The number of Topliss-reactive ketones (excluding diaryl/α,β-unsaturated/α-hetero) is 1. The van der Waals surface area contributed by atoms with E-state index >= 15 is 0 Å². The summed E-state index contributed by atoms with van der Waals surface area (Å²) in [5.41, 5.74) is 0.555. The third-order valence-electron chi connectivity index (χ3n) is 3.64. The first kappa shape index (κ1) is 18.5. The summed E-state index contributed by atoms with van der Waals surface area (Å²) < 4.78 is 8.13. The standard InChI is InChI=1S/C15H15N7O4S/c1-20-13(7-21-9-16-14(19-21)22(24)25)17-18-15(20)27-8-12(23)10-4-3-5-11(6-10)26-2/h3-6,9H,7-8H2,1-2H3. The van der Waals surface area contributed by atoms with E-state index in [1.165, 1.54) is 22.8 Å². The lowest BCUT2D eigenvalue weighted by Gasteiger charge is -2.04. The Morgan fingerprint density at radius 3 is 2.89 bits per heavy atom. The maximum atomic E-state index is 12.3. The molecule has 0 bridgehead atoms. The molecule has 0 amide bonds. The fourth-order valence-electron chi connectivity index (χ4n) is 2.21. The van der Waals surface area contributed by atoms with Crippen LogP contribution in [0, 0.1) is 10.1 Å². The molecule has 140 valence electrons. The van der Waals surface area contributed by atoms with E-state index in [1.54, 1.807) is 43.0 Å². The van der Waals surface area contributed by atoms with Crippen molar-refractivity contribution in [2.75, 3.05) is 12.9 Å². The molecule has 0 unspecified atom stereocenters. The first-order valence-electron chi connectivity index (χ1n) is 7.70. The molecule has 0 atom stereocenters. The number of thioether (sulfide) groups is 1. The lowest BCUT2D eigenvalue weighted by atomic mass is 10.1. The van der Waals surface area contributed by atoms with Gasteiger partial charge in [-0.3, -0.25) is 4.79 Å². The second-order valence-electron chi connectivity index (χ2n) is 5.40. The summed E-state index contributed by atoms with van der Waals surface area (Å²) in [4.78, 5) is 25.9. The molecule has 0 N–H and O–H groups in total. The number of hydrogen-bond donors (Lipinski definition) is 0. The summed E-state index contributed by atoms with van der Waals surface area (Å²) >= 11 is 1.25. The SMILES string of the molecule is COc1cccc(C(=O)CSc2nnc(Cn3cnc([N+](=O)[O-])n3)n2C)c1. The van der Waals surface area contributed by atoms with Gasteiger partial charge in [0.05, 0.1) is 12.9 Å². The molecule has 3 rings (SSSR count). The van der Waals surface area contributed by atoms with Gasteiger partial charge >= 0.3 is 5.95 Å². The largest absolute Gasteiger partial charge is 0.497 e. The Kier molecular flexibility index (Phi) is 5.45. The van der Waals surface area contributed by atoms with Crippen LogP contribution in [0.3, 0.4) is 0 Å². The predicted octanol–water partition coefficient (Wildman–Crippen LogP) is 1.35. The summed E-state index contributed by atoms with van der Waals surface area (Å²) in [6.07, 6.45) is 1.26. The first-order valence-corrected chi connectivity index (χ1v) is 8.68. The lowest BCUT2D eigenvalue weighted by Crippen LogP contribution is -2.08. The van der Waals surface area contributed by atoms with Gasteiger partial charge in [-0.25, -0.2) is 0 Å². The second kappa shape index (κ2) is 7.95. The Hall–Kier alpha value is -3.28. The Balaban J connectivity index is 1.64. The molecule has 2 aromatic heterocycles. The maximum absolute atomic E-state index is 12.3. The highest BCUT2D eigenvalue weighted by Crippen LogP contribution is 2.20. The van der Waals surface area contributed by atoms with Crippen molar-refractivity contribution >= 4 is 23.5 Å². The molecule has 11 nitrogen and oxygen atoms in total. The normalized spacial score (nSPS) is 10.7. The molecule has 0 saturated carbocycles. The molecule has 0 aliphatic heterocycles. The van der Waals surface area contributed by atoms with Crippen LogP contribution in [0.15, 0.2) is 35.7 Å². The van der Waals surface area contributed by atoms with Crippen molar-refractivity contribution < 1.29 is 14.5 Å². The number of ether oxygens (including phenoxy) is 1. The van der Waals surface area contributed by atoms with Crippen molar-refractivity contribution in [3.63, 3.8) is 0 Å². The fraction of sp³-hybridized carbons (Fsp3) is 0.267. The van der Waals surface area contributed by atoms with E-state index in [0.717, 1.165) is 0 Å². The van der Waals surface area contributed by atoms with E-state index in [0.29, 0.717) is 22.3 Å². The number of carbonyl (C=O) groups excluding carboxylic acids is 1. The van der Waals surface area contributed by atoms with Crippen molar-refractivity contribution in [2.45, 2.75) is 11.7 Å². The maximum Gasteiger partial charge on any atom is 0.490 e. The van der Waals surface area contributed by atoms with Gasteiger partial charge in [-0.05, 0) is 17.1 Å². The van der Waals surface area contributed by atoms with Crippen LogP contribution in [-0.4, -0.2) is 53.1 Å². The second-order valence-corrected chi connectivity index (χ2v) is 6.34. The lowest BCUT2D eigenvalue weighted by molar-refractivity contribution is -0.394. The Morgan fingerprint density at radius 2 is 2.19 bits per heavy atom. The van der Waals surface area contributed by atoms with Crippen molar-refractivity contribution in [1.29, 1.82) is 0 Å². The molecule has 27 heavy (non-hydrogen) atoms. The topological polar surface area (TPSA) is 131 Å². The summed E-state index contributed by atoms with van der Waals surface area (Å²) in [7, 11) is 3.29. The molecular formula is C15H15N7O4S. The van der Waals surface area contributed by atoms with Gasteiger partial charge in [0, 0.05) is 17.7 Å². The van der Waals surface area contributed by atoms with Gasteiger partial charge in [0.1, 0.15) is 12.3 Å². The van der Waals surface area contributed by atoms with E-state index < -0.39 is 10.9 Å². The van der Waals surface area contributed by atoms with Crippen molar-refractivity contribution in [3.05, 3.63) is 52.1 Å². The van der Waals surface area contributed by atoms with Gasteiger partial charge in [-0.1, -0.05) is 28.9 Å². The van der Waals surface area contributed by atoms with Crippen molar-refractivity contribution in [1.82, 2.24) is 29.5 Å². The number of rotatable bonds is 8. The van der Waals surface area contributed by atoms with E-state index in [4.69, 9.17) is 4.74 Å². The van der Waals surface area contributed by atoms with Gasteiger partial charge in [0.15, 0.2) is 16.8 Å². The van der Waals surface area contributed by atoms with E-state index in [1.807, 2.05) is 0 Å². The van der Waals surface area contributed by atoms with Crippen LogP contribution in [0.4, 0.5) is 5.95 Å². The number of nitrogens with zero attached hydrogens (tertiary/aromatic N) is 7. The molecule has 0 aliphatic rings. The number of aromatic nitrogens is 6. The van der Waals surface area contributed by atoms with E-state index in [9.17, 15) is 14.9 Å². The molecular weight excluding hydrogens is 374 g/mol. The van der Waals surface area contributed by atoms with Crippen LogP contribution in [0.5, 0.6) is 5.75 Å². The number of nitro groups is 1. The highest BCUT2D eigenvalue weighted by atomic mass is 32.2. The number of ketones is 1. The molecule has 12 heteroatoms. The zero-order valence-electron chi connectivity index (χ0n) is 14.5. The minimum absolute atomic E-state index is 0.0599. The van der Waals surface area contributed by atoms with Gasteiger partial charge < -0.3 is 19.4 Å². The van der Waals surface area contributed by atoms with Crippen LogP contribution < -0.4 is 4.74 Å². The Bertz CT molecular complexity index is 984. The number of carbonyl (C=O) groups is 1. The quantitative estimate of drug-likeness (QED) is 0.242. The zero-order valence-corrected chi connectivity index (χ0v) is 15.3. The third kappa shape index (κ3) is 4.28. The average Bonchev–Trinajstić information content (AvgIpc) is 3.28. The molecule has 0 fully saturated rings. The Morgan fingerprint density at radius 1 is 1.37 bits per heavy atom. The number of hydrogen-bond acceptors (Lipinski definition) is 9. The van der Waals surface area contributed by atoms with Gasteiger partial charge in [-0.2, -0.15) is 4.68 Å². The third-order valence-corrected chi connectivity index (χ3v) is 4.66. The van der Waals surface area contributed by atoms with Crippen molar-refractivity contribution in [2.24, 2.45) is 7.05 Å². The number of benzene rings is 1. The minimum atomic E-state index is -0.668. The van der Waals surface area contributed by atoms with Crippen molar-refractivity contribution in [3.8, 4) is 5.75 Å². The Labute approximate surface area is 157 Å². The van der Waals surface area contributed by atoms with Gasteiger partial charge in [0.25, 0.3) is 0 Å².